The van der Waals surface area contributed by atoms with Crippen molar-refractivity contribution in [1.29, 1.82) is 0 Å². The summed E-state index contributed by atoms with van der Waals surface area (Å²) < 4.78 is 10.5. The fourth-order valence-corrected chi connectivity index (χ4v) is 2.28. The number of hydrogen-bond acceptors (Lipinski definition) is 8. The summed E-state index contributed by atoms with van der Waals surface area (Å²) in [5, 5.41) is 14.1. The Morgan fingerprint density at radius 3 is 2.57 bits per heavy atom. The molecule has 0 aliphatic carbocycles. The van der Waals surface area contributed by atoms with Gasteiger partial charge < -0.3 is 19.9 Å². The molecule has 10 heteroatoms. The third-order valence-electron chi connectivity index (χ3n) is 3.68. The Labute approximate surface area is 165 Å². The quantitative estimate of drug-likeness (QED) is 0.158. The number of hydrogen-bond donors (Lipinski definition) is 3. The lowest BCUT2D eigenvalue weighted by atomic mass is 10.1. The second-order valence-electron chi connectivity index (χ2n) is 5.82. The number of aliphatic hydroxyl groups excluding tert-OH is 1. The van der Waals surface area contributed by atoms with Crippen molar-refractivity contribution in [2.75, 3.05) is 39.6 Å². The van der Waals surface area contributed by atoms with Crippen LogP contribution in [0.3, 0.4) is 0 Å². The van der Waals surface area contributed by atoms with E-state index in [1.165, 1.54) is 0 Å². The van der Waals surface area contributed by atoms with Crippen molar-refractivity contribution in [3.8, 4) is 0 Å². The van der Waals surface area contributed by atoms with Crippen LogP contribution >= 0.6 is 0 Å². The molecule has 3 N–H and O–H groups in total. The van der Waals surface area contributed by atoms with Gasteiger partial charge in [0.1, 0.15) is 0 Å². The minimum Gasteiger partial charge on any atom is -0.396 e. The van der Waals surface area contributed by atoms with E-state index in [1.54, 1.807) is 6.92 Å². The molecule has 1 saturated heterocycles. The van der Waals surface area contributed by atoms with Gasteiger partial charge in [-0.05, 0) is 6.92 Å². The molecule has 2 unspecified atom stereocenters. The summed E-state index contributed by atoms with van der Waals surface area (Å²) in [6.07, 6.45) is -1.43. The molecule has 1 rings (SSSR count). The van der Waals surface area contributed by atoms with Crippen LogP contribution in [0.2, 0.25) is 0 Å². The predicted molar refractivity (Wildman–Crippen MR) is 101 cm³/mol. The molecule has 0 aromatic carbocycles. The third kappa shape index (κ3) is 9.18. The summed E-state index contributed by atoms with van der Waals surface area (Å²) in [6.45, 7) is 9.99. The number of nitrogens with one attached hydrogen (secondary N) is 2. The fourth-order valence-electron chi connectivity index (χ4n) is 2.28. The van der Waals surface area contributed by atoms with Gasteiger partial charge in [0, 0.05) is 31.9 Å². The number of carbonyl (C=O) groups is 4. The van der Waals surface area contributed by atoms with Crippen molar-refractivity contribution in [2.24, 2.45) is 5.92 Å². The van der Waals surface area contributed by atoms with Gasteiger partial charge in [-0.25, -0.2) is 0 Å². The molecule has 10 nitrogen and oxygen atoms in total. The van der Waals surface area contributed by atoms with Crippen LogP contribution in [-0.4, -0.2) is 79.4 Å². The summed E-state index contributed by atoms with van der Waals surface area (Å²) in [7, 11) is 0. The number of rotatable bonds is 13. The normalized spacial score (nSPS) is 17.1. The predicted octanol–water partition coefficient (Wildman–Crippen LogP) is -0.822. The summed E-state index contributed by atoms with van der Waals surface area (Å²) in [5.41, 5.74) is 0. The van der Waals surface area contributed by atoms with Crippen molar-refractivity contribution in [3.05, 3.63) is 13.2 Å². The number of Topliss-reactive ketones (excluding diaryl/α,β-unsaturated/α-hetero) is 1. The lowest BCUT2D eigenvalue weighted by molar-refractivity contribution is -0.147. The number of imide groups is 1. The standard InChI is InChI=1S/C16H27N3O7.C2H4/c1-3-25-10-17-5-7-26-15(18-13(22)4-6-20)12(21)9-19-14(23)8-11(2)16(19)24;1-2/h11,15,17,20H,3-10H2,1-2H3,(H,18,22);1-2H2. The van der Waals surface area contributed by atoms with Gasteiger partial charge in [0.05, 0.1) is 26.5 Å². The van der Waals surface area contributed by atoms with Gasteiger partial charge in [0.15, 0.2) is 6.23 Å². The zero-order valence-corrected chi connectivity index (χ0v) is 16.6. The number of aliphatic hydroxyl groups is 1. The van der Waals surface area contributed by atoms with Gasteiger partial charge in [0.25, 0.3) is 0 Å². The molecule has 160 valence electrons. The third-order valence-corrected chi connectivity index (χ3v) is 3.68. The average Bonchev–Trinajstić information content (AvgIpc) is 2.91. The van der Waals surface area contributed by atoms with Gasteiger partial charge in [-0.3, -0.25) is 29.4 Å². The van der Waals surface area contributed by atoms with Gasteiger partial charge >= 0.3 is 0 Å². The molecular weight excluding hydrogens is 370 g/mol. The van der Waals surface area contributed by atoms with Crippen LogP contribution in [0.4, 0.5) is 0 Å². The number of amides is 3. The van der Waals surface area contributed by atoms with E-state index in [0.717, 1.165) is 4.90 Å². The SMILES string of the molecule is C=C.CCOCNCCOC(NC(=O)CCO)C(=O)CN1C(=O)CC(C)C1=O. The van der Waals surface area contributed by atoms with E-state index in [1.807, 2.05) is 6.92 Å². The number of nitrogens with zero attached hydrogens (tertiary/aromatic N) is 1. The van der Waals surface area contributed by atoms with E-state index < -0.39 is 42.2 Å². The Hall–Kier alpha value is -2.14. The highest BCUT2D eigenvalue weighted by Gasteiger charge is 2.38. The summed E-state index contributed by atoms with van der Waals surface area (Å²) in [4.78, 5) is 48.7. The molecule has 0 spiro atoms. The van der Waals surface area contributed by atoms with E-state index in [2.05, 4.69) is 23.8 Å². The first-order valence-corrected chi connectivity index (χ1v) is 9.07. The molecular formula is C18H31N3O7. The van der Waals surface area contributed by atoms with Crippen molar-refractivity contribution in [1.82, 2.24) is 15.5 Å². The van der Waals surface area contributed by atoms with Crippen molar-refractivity contribution in [3.63, 3.8) is 0 Å². The van der Waals surface area contributed by atoms with Crippen molar-refractivity contribution >= 4 is 23.5 Å². The van der Waals surface area contributed by atoms with Crippen LogP contribution in [0.5, 0.6) is 0 Å². The largest absolute Gasteiger partial charge is 0.396 e. The van der Waals surface area contributed by atoms with Crippen LogP contribution in [0.15, 0.2) is 13.2 Å². The monoisotopic (exact) mass is 401 g/mol. The van der Waals surface area contributed by atoms with Crippen LogP contribution in [-0.2, 0) is 28.7 Å². The van der Waals surface area contributed by atoms with Crippen LogP contribution in [0, 0.1) is 5.92 Å². The Kier molecular flexibility index (Phi) is 13.7. The van der Waals surface area contributed by atoms with E-state index >= 15 is 0 Å². The molecule has 1 fully saturated rings. The highest BCUT2D eigenvalue weighted by atomic mass is 16.5. The zero-order chi connectivity index (χ0) is 21.5. The zero-order valence-electron chi connectivity index (χ0n) is 16.6. The molecule has 28 heavy (non-hydrogen) atoms. The lowest BCUT2D eigenvalue weighted by Gasteiger charge is -2.21. The Morgan fingerprint density at radius 2 is 2.04 bits per heavy atom. The molecule has 0 aromatic heterocycles. The fraction of sp³-hybridized carbons (Fsp3) is 0.667. The first-order valence-electron chi connectivity index (χ1n) is 9.07. The summed E-state index contributed by atoms with van der Waals surface area (Å²) in [5.74, 6) is -2.48. The Morgan fingerprint density at radius 1 is 1.36 bits per heavy atom. The lowest BCUT2D eigenvalue weighted by Crippen LogP contribution is -2.49. The number of carbonyl (C=O) groups excluding carboxylic acids is 4. The number of ketones is 1. The molecule has 0 radical (unpaired) electrons. The molecule has 1 aliphatic heterocycles. The van der Waals surface area contributed by atoms with Crippen molar-refractivity contribution in [2.45, 2.75) is 32.9 Å². The second kappa shape index (κ2) is 14.9. The Balaban J connectivity index is 0.00000352. The summed E-state index contributed by atoms with van der Waals surface area (Å²) >= 11 is 0. The van der Waals surface area contributed by atoms with Gasteiger partial charge in [-0.15, -0.1) is 13.2 Å². The molecule has 1 aliphatic rings. The maximum absolute atomic E-state index is 12.4. The topological polar surface area (TPSA) is 134 Å². The molecule has 0 bridgehead atoms. The van der Waals surface area contributed by atoms with E-state index in [-0.39, 0.29) is 26.1 Å². The van der Waals surface area contributed by atoms with Crippen LogP contribution in [0.1, 0.15) is 26.7 Å². The smallest absolute Gasteiger partial charge is 0.232 e. The van der Waals surface area contributed by atoms with Crippen LogP contribution in [0.25, 0.3) is 0 Å². The van der Waals surface area contributed by atoms with Gasteiger partial charge in [-0.1, -0.05) is 6.92 Å². The molecule has 3 amide bonds. The van der Waals surface area contributed by atoms with E-state index in [0.29, 0.717) is 19.9 Å². The molecule has 0 saturated carbocycles. The number of likely N-dealkylation sites (tertiary alicyclic amines) is 1. The maximum atomic E-state index is 12.4. The minimum atomic E-state index is -1.31. The molecule has 1 heterocycles. The second-order valence-corrected chi connectivity index (χ2v) is 5.82. The van der Waals surface area contributed by atoms with Crippen LogP contribution < -0.4 is 10.6 Å². The maximum Gasteiger partial charge on any atom is 0.232 e. The van der Waals surface area contributed by atoms with Crippen molar-refractivity contribution < 1.29 is 33.8 Å². The van der Waals surface area contributed by atoms with Gasteiger partial charge in [-0.2, -0.15) is 0 Å². The minimum absolute atomic E-state index is 0.0653. The molecule has 0 aromatic rings. The highest BCUT2D eigenvalue weighted by Crippen LogP contribution is 2.18. The number of ether oxygens (including phenoxy) is 2. The highest BCUT2D eigenvalue weighted by molar-refractivity contribution is 6.06. The first-order chi connectivity index (χ1) is 13.4. The van der Waals surface area contributed by atoms with E-state index in [4.69, 9.17) is 14.6 Å². The van der Waals surface area contributed by atoms with E-state index in [9.17, 15) is 19.2 Å². The Bertz CT molecular complexity index is 527. The first kappa shape index (κ1) is 25.9. The summed E-state index contributed by atoms with van der Waals surface area (Å²) in [6, 6.07) is 0. The average molecular weight is 401 g/mol. The molecule has 2 atom stereocenters. The van der Waals surface area contributed by atoms with Gasteiger partial charge in [0.2, 0.25) is 23.5 Å².